The fourth-order valence-corrected chi connectivity index (χ4v) is 0.957. The number of hydrogen-bond donors (Lipinski definition) is 3. The second kappa shape index (κ2) is 5.88. The van der Waals surface area contributed by atoms with E-state index in [1.54, 1.807) is 0 Å². The van der Waals surface area contributed by atoms with E-state index in [1.807, 2.05) is 0 Å². The van der Waals surface area contributed by atoms with Crippen molar-refractivity contribution in [3.8, 4) is 0 Å². The fourth-order valence-electron chi connectivity index (χ4n) is 0.507. The number of nitrogens with one attached hydrogen (secondary N) is 1. The number of ether oxygens (including phenoxy) is 1. The summed E-state index contributed by atoms with van der Waals surface area (Å²) in [5.74, 6) is -0.557. The van der Waals surface area contributed by atoms with Crippen molar-refractivity contribution in [3.05, 3.63) is 12.7 Å². The average molecular weight is 209 g/mol. The zero-order valence-electron chi connectivity index (χ0n) is 6.97. The van der Waals surface area contributed by atoms with Crippen LogP contribution in [0.15, 0.2) is 12.7 Å². The monoisotopic (exact) mass is 209 g/mol. The molecule has 0 rings (SSSR count). The summed E-state index contributed by atoms with van der Waals surface area (Å²) in [6.45, 7) is 3.44. The highest BCUT2D eigenvalue weighted by molar-refractivity contribution is 7.51. The van der Waals surface area contributed by atoms with Gasteiger partial charge < -0.3 is 19.8 Å². The highest BCUT2D eigenvalue weighted by Gasteiger charge is 2.10. The zero-order valence-corrected chi connectivity index (χ0v) is 7.87. The molecule has 0 aromatic heterocycles. The van der Waals surface area contributed by atoms with E-state index in [-0.39, 0.29) is 13.2 Å². The molecule has 0 aliphatic rings. The summed E-state index contributed by atoms with van der Waals surface area (Å²) >= 11 is 0. The Morgan fingerprint density at radius 3 is 2.69 bits per heavy atom. The summed E-state index contributed by atoms with van der Waals surface area (Å²) in [4.78, 5) is 27.2. The predicted molar refractivity (Wildman–Crippen MR) is 46.1 cm³/mol. The minimum atomic E-state index is -4.01. The van der Waals surface area contributed by atoms with Gasteiger partial charge in [-0.2, -0.15) is 0 Å². The van der Waals surface area contributed by atoms with E-state index in [2.05, 4.69) is 16.6 Å². The molecule has 0 unspecified atom stereocenters. The molecule has 0 fully saturated rings. The number of esters is 1. The first-order valence-corrected chi connectivity index (χ1v) is 5.30. The van der Waals surface area contributed by atoms with E-state index >= 15 is 0 Å². The van der Waals surface area contributed by atoms with Gasteiger partial charge in [-0.05, 0) is 0 Å². The molecule has 0 amide bonds. The Morgan fingerprint density at radius 2 is 2.23 bits per heavy atom. The molecule has 0 aromatic carbocycles. The molecule has 0 saturated carbocycles. The normalized spacial score (nSPS) is 10.9. The third-order valence-electron chi connectivity index (χ3n) is 1.01. The van der Waals surface area contributed by atoms with Crippen molar-refractivity contribution in [1.82, 2.24) is 5.32 Å². The molecule has 0 bridgehead atoms. The van der Waals surface area contributed by atoms with Crippen LogP contribution in [0.2, 0.25) is 0 Å². The van der Waals surface area contributed by atoms with Gasteiger partial charge >= 0.3 is 13.6 Å². The number of hydrogen-bond acceptors (Lipinski definition) is 4. The molecular formula is C6H12NO5P. The van der Waals surface area contributed by atoms with Gasteiger partial charge in [0, 0.05) is 12.6 Å². The standard InChI is InChI=1S/C6H12NO5P/c1-2-6(8)12-4-3-7-5-13(9,10)11/h2,7H,1,3-5H2,(H2,9,10,11). The first kappa shape index (κ1) is 12.3. The predicted octanol–water partition coefficient (Wildman–Crippen LogP) is -0.560. The highest BCUT2D eigenvalue weighted by Crippen LogP contribution is 2.31. The molecule has 0 aliphatic heterocycles. The maximum atomic E-state index is 10.5. The number of rotatable bonds is 6. The van der Waals surface area contributed by atoms with Crippen LogP contribution in [-0.2, 0) is 14.1 Å². The molecule has 3 N–H and O–H groups in total. The molecular weight excluding hydrogens is 197 g/mol. The van der Waals surface area contributed by atoms with Crippen molar-refractivity contribution >= 4 is 13.6 Å². The van der Waals surface area contributed by atoms with Crippen molar-refractivity contribution < 1.29 is 23.9 Å². The Balaban J connectivity index is 3.32. The maximum Gasteiger partial charge on any atom is 0.339 e. The molecule has 76 valence electrons. The summed E-state index contributed by atoms with van der Waals surface area (Å²) < 4.78 is 14.8. The Labute approximate surface area is 75.8 Å². The van der Waals surface area contributed by atoms with E-state index in [0.29, 0.717) is 0 Å². The molecule has 0 saturated heterocycles. The van der Waals surface area contributed by atoms with Gasteiger partial charge in [0.05, 0.1) is 6.29 Å². The Bertz CT molecular complexity index is 223. The minimum Gasteiger partial charge on any atom is -0.461 e. The van der Waals surface area contributed by atoms with Gasteiger partial charge in [0.2, 0.25) is 0 Å². The van der Waals surface area contributed by atoms with E-state index in [1.165, 1.54) is 0 Å². The Hall–Kier alpha value is -0.680. The van der Waals surface area contributed by atoms with Crippen LogP contribution < -0.4 is 5.32 Å². The van der Waals surface area contributed by atoms with Crippen molar-refractivity contribution in [2.24, 2.45) is 0 Å². The highest BCUT2D eigenvalue weighted by atomic mass is 31.2. The molecule has 13 heavy (non-hydrogen) atoms. The molecule has 0 aliphatic carbocycles. The third-order valence-corrected chi connectivity index (χ3v) is 1.64. The van der Waals surface area contributed by atoms with Gasteiger partial charge in [0.1, 0.15) is 6.61 Å². The van der Waals surface area contributed by atoms with Crippen LogP contribution >= 0.6 is 7.60 Å². The summed E-state index contributed by atoms with van der Waals surface area (Å²) in [5, 5.41) is 2.43. The first-order valence-electron chi connectivity index (χ1n) is 3.50. The van der Waals surface area contributed by atoms with Crippen LogP contribution in [-0.4, -0.2) is 35.2 Å². The largest absolute Gasteiger partial charge is 0.461 e. The van der Waals surface area contributed by atoms with Gasteiger partial charge in [0.25, 0.3) is 0 Å². The van der Waals surface area contributed by atoms with Gasteiger partial charge in [-0.1, -0.05) is 6.58 Å². The average Bonchev–Trinajstić information content (AvgIpc) is 2.01. The summed E-state index contributed by atoms with van der Waals surface area (Å²) in [7, 11) is -4.01. The van der Waals surface area contributed by atoms with E-state index in [9.17, 15) is 9.36 Å². The van der Waals surface area contributed by atoms with E-state index < -0.39 is 19.9 Å². The summed E-state index contributed by atoms with van der Waals surface area (Å²) in [6.07, 6.45) is 0.599. The molecule has 0 spiro atoms. The lowest BCUT2D eigenvalue weighted by Gasteiger charge is -2.05. The summed E-state index contributed by atoms with van der Waals surface area (Å²) in [6, 6.07) is 0. The molecule has 0 heterocycles. The van der Waals surface area contributed by atoms with Crippen LogP contribution in [0.25, 0.3) is 0 Å². The second-order valence-electron chi connectivity index (χ2n) is 2.19. The van der Waals surface area contributed by atoms with Gasteiger partial charge in [-0.15, -0.1) is 0 Å². The van der Waals surface area contributed by atoms with Crippen molar-refractivity contribution in [2.75, 3.05) is 19.4 Å². The van der Waals surface area contributed by atoms with Crippen LogP contribution in [0, 0.1) is 0 Å². The number of carbonyl (C=O) groups is 1. The minimum absolute atomic E-state index is 0.0604. The topological polar surface area (TPSA) is 95.9 Å². The second-order valence-corrected chi connectivity index (χ2v) is 3.84. The molecule has 0 aromatic rings. The van der Waals surface area contributed by atoms with E-state index in [0.717, 1.165) is 6.08 Å². The van der Waals surface area contributed by atoms with Crippen molar-refractivity contribution in [3.63, 3.8) is 0 Å². The first-order chi connectivity index (χ1) is 5.95. The van der Waals surface area contributed by atoms with Gasteiger partial charge in [-0.25, -0.2) is 4.79 Å². The van der Waals surface area contributed by atoms with Crippen LogP contribution in [0.4, 0.5) is 0 Å². The lowest BCUT2D eigenvalue weighted by atomic mass is 10.6. The van der Waals surface area contributed by atoms with Crippen LogP contribution in [0.5, 0.6) is 0 Å². The van der Waals surface area contributed by atoms with Crippen LogP contribution in [0.3, 0.4) is 0 Å². The molecule has 6 nitrogen and oxygen atoms in total. The quantitative estimate of drug-likeness (QED) is 0.235. The summed E-state index contributed by atoms with van der Waals surface area (Å²) in [5.41, 5.74) is 0. The molecule has 7 heteroatoms. The van der Waals surface area contributed by atoms with Gasteiger partial charge in [-0.3, -0.25) is 4.57 Å². The lowest BCUT2D eigenvalue weighted by Crippen LogP contribution is -2.21. The molecule has 0 atom stereocenters. The fraction of sp³-hybridized carbons (Fsp3) is 0.500. The maximum absolute atomic E-state index is 10.5. The zero-order chi connectivity index (χ0) is 10.3. The Kier molecular flexibility index (Phi) is 5.57. The van der Waals surface area contributed by atoms with Crippen molar-refractivity contribution in [2.45, 2.75) is 0 Å². The van der Waals surface area contributed by atoms with Crippen molar-refractivity contribution in [1.29, 1.82) is 0 Å². The SMILES string of the molecule is C=CC(=O)OCCNCP(=O)(O)O. The lowest BCUT2D eigenvalue weighted by molar-refractivity contribution is -0.137. The van der Waals surface area contributed by atoms with E-state index in [4.69, 9.17) is 9.79 Å². The Morgan fingerprint density at radius 1 is 1.62 bits per heavy atom. The number of carbonyl (C=O) groups excluding carboxylic acids is 1. The smallest absolute Gasteiger partial charge is 0.339 e. The third kappa shape index (κ3) is 9.23. The van der Waals surface area contributed by atoms with Gasteiger partial charge in [0.15, 0.2) is 0 Å². The van der Waals surface area contributed by atoms with Crippen LogP contribution in [0.1, 0.15) is 0 Å². The molecule has 0 radical (unpaired) electrons.